The second kappa shape index (κ2) is 4.53. The number of esters is 1. The molecule has 3 atom stereocenters. The lowest BCUT2D eigenvalue weighted by Gasteiger charge is -2.21. The molecular weight excluding hydrogens is 260 g/mol. The molecule has 1 saturated heterocycles. The van der Waals surface area contributed by atoms with Crippen LogP contribution >= 0.6 is 0 Å². The molecule has 20 heavy (non-hydrogen) atoms. The van der Waals surface area contributed by atoms with E-state index in [1.807, 2.05) is 19.9 Å². The maximum absolute atomic E-state index is 12.3. The summed E-state index contributed by atoms with van der Waals surface area (Å²) in [7, 11) is 0. The standard InChI is InChI=1S/C15H18O5/c1-8(2)4-3-5-9-11-10(19-14(9)18)6-15(7-16)13(20-15)12(11)17/h4,10,13,16H,3,5-7H2,1-2H3/t10-,13-,15-/m0/s1. The van der Waals surface area contributed by atoms with Crippen LogP contribution in [0.5, 0.6) is 0 Å². The molecule has 2 aliphatic heterocycles. The summed E-state index contributed by atoms with van der Waals surface area (Å²) in [6, 6.07) is 0. The number of Topliss-reactive ketones (excluding diaryl/α,β-unsaturated/α-hetero) is 1. The summed E-state index contributed by atoms with van der Waals surface area (Å²) in [6.45, 7) is 3.78. The maximum Gasteiger partial charge on any atom is 0.335 e. The molecule has 0 radical (unpaired) electrons. The van der Waals surface area contributed by atoms with Gasteiger partial charge in [-0.05, 0) is 26.7 Å². The van der Waals surface area contributed by atoms with Crippen molar-refractivity contribution in [3.63, 3.8) is 0 Å². The Kier molecular flexibility index (Phi) is 3.06. The molecule has 0 spiro atoms. The van der Waals surface area contributed by atoms with Crippen molar-refractivity contribution in [2.45, 2.75) is 50.9 Å². The first-order valence-corrected chi connectivity index (χ1v) is 6.89. The first-order chi connectivity index (χ1) is 9.48. The summed E-state index contributed by atoms with van der Waals surface area (Å²) in [5.41, 5.74) is 1.34. The predicted octanol–water partition coefficient (Wildman–Crippen LogP) is 1.06. The third-order valence-electron chi connectivity index (χ3n) is 4.17. The van der Waals surface area contributed by atoms with Crippen molar-refractivity contribution < 1.29 is 24.2 Å². The average molecular weight is 278 g/mol. The third kappa shape index (κ3) is 1.93. The molecule has 5 heteroatoms. The zero-order valence-electron chi connectivity index (χ0n) is 11.6. The highest BCUT2D eigenvalue weighted by Crippen LogP contribution is 2.50. The van der Waals surface area contributed by atoms with Crippen molar-refractivity contribution in [2.75, 3.05) is 6.61 Å². The van der Waals surface area contributed by atoms with Crippen LogP contribution in [0.15, 0.2) is 22.8 Å². The number of ether oxygens (including phenoxy) is 2. The Morgan fingerprint density at radius 1 is 1.45 bits per heavy atom. The topological polar surface area (TPSA) is 76.1 Å². The monoisotopic (exact) mass is 278 g/mol. The number of hydrogen-bond donors (Lipinski definition) is 1. The number of allylic oxidation sites excluding steroid dienone is 2. The fourth-order valence-electron chi connectivity index (χ4n) is 3.04. The number of epoxide rings is 1. The number of carbonyl (C=O) groups excluding carboxylic acids is 2. The minimum absolute atomic E-state index is 0.187. The summed E-state index contributed by atoms with van der Waals surface area (Å²) >= 11 is 0. The van der Waals surface area contributed by atoms with Gasteiger partial charge in [-0.2, -0.15) is 0 Å². The van der Waals surface area contributed by atoms with E-state index in [1.165, 1.54) is 5.57 Å². The van der Waals surface area contributed by atoms with Gasteiger partial charge in [-0.3, -0.25) is 4.79 Å². The van der Waals surface area contributed by atoms with Gasteiger partial charge in [-0.1, -0.05) is 11.6 Å². The number of aliphatic hydroxyl groups excluding tert-OH is 1. The Morgan fingerprint density at radius 3 is 2.85 bits per heavy atom. The van der Waals surface area contributed by atoms with Gasteiger partial charge in [-0.25, -0.2) is 4.79 Å². The van der Waals surface area contributed by atoms with Gasteiger partial charge in [0, 0.05) is 17.6 Å². The molecule has 0 aromatic rings. The van der Waals surface area contributed by atoms with Crippen LogP contribution in [-0.2, 0) is 19.1 Å². The molecule has 1 N–H and O–H groups in total. The molecule has 0 unspecified atom stereocenters. The SMILES string of the molecule is CC(C)=CCCC1=C2C(=O)[C@@H]3O[C@]3(CO)C[C@@H]2OC1=O. The lowest BCUT2D eigenvalue weighted by Crippen LogP contribution is -2.38. The van der Waals surface area contributed by atoms with Crippen LogP contribution in [0.2, 0.25) is 0 Å². The first kappa shape index (κ1) is 13.5. The predicted molar refractivity (Wildman–Crippen MR) is 69.9 cm³/mol. The summed E-state index contributed by atoms with van der Waals surface area (Å²) in [4.78, 5) is 24.2. The van der Waals surface area contributed by atoms with E-state index in [9.17, 15) is 14.7 Å². The van der Waals surface area contributed by atoms with Gasteiger partial charge < -0.3 is 14.6 Å². The zero-order chi connectivity index (χ0) is 14.5. The molecule has 1 aliphatic carbocycles. The van der Waals surface area contributed by atoms with Crippen LogP contribution in [0.3, 0.4) is 0 Å². The fourth-order valence-corrected chi connectivity index (χ4v) is 3.04. The van der Waals surface area contributed by atoms with Crippen LogP contribution < -0.4 is 0 Å². The second-order valence-electron chi connectivity index (χ2n) is 5.90. The molecule has 0 aromatic heterocycles. The highest BCUT2D eigenvalue weighted by Gasteiger charge is 2.67. The highest BCUT2D eigenvalue weighted by molar-refractivity contribution is 6.11. The minimum Gasteiger partial charge on any atom is -0.454 e. The minimum atomic E-state index is -0.805. The fraction of sp³-hybridized carbons (Fsp3) is 0.600. The van der Waals surface area contributed by atoms with Crippen molar-refractivity contribution in [2.24, 2.45) is 0 Å². The second-order valence-corrected chi connectivity index (χ2v) is 5.90. The Balaban J connectivity index is 1.84. The van der Waals surface area contributed by atoms with E-state index in [0.29, 0.717) is 30.4 Å². The van der Waals surface area contributed by atoms with Gasteiger partial charge in [0.2, 0.25) is 0 Å². The third-order valence-corrected chi connectivity index (χ3v) is 4.17. The molecule has 2 heterocycles. The molecule has 3 aliphatic rings. The Bertz CT molecular complexity index is 540. The van der Waals surface area contributed by atoms with Crippen LogP contribution in [-0.4, -0.2) is 41.3 Å². The summed E-state index contributed by atoms with van der Waals surface area (Å²) in [5, 5.41) is 9.32. The van der Waals surface area contributed by atoms with E-state index in [4.69, 9.17) is 9.47 Å². The van der Waals surface area contributed by atoms with Crippen molar-refractivity contribution in [3.05, 3.63) is 22.8 Å². The van der Waals surface area contributed by atoms with Gasteiger partial charge >= 0.3 is 5.97 Å². The highest BCUT2D eigenvalue weighted by atomic mass is 16.6. The molecule has 3 rings (SSSR count). The number of hydrogen-bond acceptors (Lipinski definition) is 5. The average Bonchev–Trinajstić information content (AvgIpc) is 3.03. The first-order valence-electron chi connectivity index (χ1n) is 6.89. The Labute approximate surface area is 117 Å². The van der Waals surface area contributed by atoms with E-state index in [2.05, 4.69) is 0 Å². The normalized spacial score (nSPS) is 34.5. The van der Waals surface area contributed by atoms with Crippen molar-refractivity contribution >= 4 is 11.8 Å². The van der Waals surface area contributed by atoms with Gasteiger partial charge in [0.05, 0.1) is 6.61 Å². The molecular formula is C15H18O5. The zero-order valence-corrected chi connectivity index (χ0v) is 11.6. The van der Waals surface area contributed by atoms with Crippen LogP contribution in [0.1, 0.15) is 33.1 Å². The maximum atomic E-state index is 12.3. The lowest BCUT2D eigenvalue weighted by atomic mass is 9.81. The quantitative estimate of drug-likeness (QED) is 0.473. The largest absolute Gasteiger partial charge is 0.454 e. The number of rotatable bonds is 4. The van der Waals surface area contributed by atoms with E-state index in [1.54, 1.807) is 0 Å². The summed E-state index contributed by atoms with van der Waals surface area (Å²) in [5.74, 6) is -0.580. The van der Waals surface area contributed by atoms with E-state index < -0.39 is 23.8 Å². The van der Waals surface area contributed by atoms with Crippen molar-refractivity contribution in [1.82, 2.24) is 0 Å². The molecule has 5 nitrogen and oxygen atoms in total. The number of ketones is 1. The van der Waals surface area contributed by atoms with Crippen LogP contribution in [0.25, 0.3) is 0 Å². The van der Waals surface area contributed by atoms with Crippen molar-refractivity contribution in [1.29, 1.82) is 0 Å². The number of carbonyl (C=O) groups is 2. The van der Waals surface area contributed by atoms with Gasteiger partial charge in [-0.15, -0.1) is 0 Å². The van der Waals surface area contributed by atoms with E-state index in [-0.39, 0.29) is 12.4 Å². The van der Waals surface area contributed by atoms with Crippen LogP contribution in [0, 0.1) is 0 Å². The summed E-state index contributed by atoms with van der Waals surface area (Å²) in [6.07, 6.45) is 2.52. The number of fused-ring (bicyclic) bond motifs is 2. The molecule has 108 valence electrons. The number of aliphatic hydroxyl groups is 1. The van der Waals surface area contributed by atoms with E-state index >= 15 is 0 Å². The molecule has 0 aromatic carbocycles. The Morgan fingerprint density at radius 2 is 2.20 bits per heavy atom. The van der Waals surface area contributed by atoms with Crippen LogP contribution in [0.4, 0.5) is 0 Å². The summed E-state index contributed by atoms with van der Waals surface area (Å²) < 4.78 is 10.6. The smallest absolute Gasteiger partial charge is 0.335 e. The van der Waals surface area contributed by atoms with Gasteiger partial charge in [0.25, 0.3) is 0 Å². The molecule has 2 fully saturated rings. The molecule has 1 saturated carbocycles. The van der Waals surface area contributed by atoms with Crippen molar-refractivity contribution in [3.8, 4) is 0 Å². The molecule has 0 bridgehead atoms. The lowest BCUT2D eigenvalue weighted by molar-refractivity contribution is -0.141. The van der Waals surface area contributed by atoms with Gasteiger partial charge in [0.15, 0.2) is 11.9 Å². The molecule has 0 amide bonds. The van der Waals surface area contributed by atoms with Gasteiger partial charge in [0.1, 0.15) is 11.7 Å². The Hall–Kier alpha value is -1.46. The van der Waals surface area contributed by atoms with E-state index in [0.717, 1.165) is 0 Å².